The first-order valence-electron chi connectivity index (χ1n) is 6.81. The molecule has 0 fully saturated rings. The quantitative estimate of drug-likeness (QED) is 0.741. The Morgan fingerprint density at radius 1 is 1.32 bits per heavy atom. The number of aryl methyl sites for hydroxylation is 1. The van der Waals surface area contributed by atoms with Crippen LogP contribution in [-0.2, 0) is 11.2 Å². The van der Waals surface area contributed by atoms with Crippen molar-refractivity contribution in [1.82, 2.24) is 4.98 Å². The Bertz CT molecular complexity index is 868. The second-order valence-electron chi connectivity index (χ2n) is 4.96. The highest BCUT2D eigenvalue weighted by Crippen LogP contribution is 2.25. The number of carboxylic acid groups (broad SMARTS) is 1. The van der Waals surface area contributed by atoms with Gasteiger partial charge in [0, 0.05) is 11.8 Å². The van der Waals surface area contributed by atoms with Gasteiger partial charge in [0.25, 0.3) is 0 Å². The van der Waals surface area contributed by atoms with Crippen molar-refractivity contribution in [3.05, 3.63) is 58.6 Å². The number of nitrogens with zero attached hydrogens (tertiary/aromatic N) is 2. The SMILES string of the molecule is Cc1ccc(C=Nc2ccccc2CC(=O)O)c2scnc12. The zero-order valence-electron chi connectivity index (χ0n) is 12.0. The maximum atomic E-state index is 10.9. The van der Waals surface area contributed by atoms with Crippen LogP contribution in [0.5, 0.6) is 0 Å². The molecule has 0 atom stereocenters. The van der Waals surface area contributed by atoms with Crippen molar-refractivity contribution in [2.75, 3.05) is 0 Å². The van der Waals surface area contributed by atoms with Gasteiger partial charge in [-0.05, 0) is 24.1 Å². The van der Waals surface area contributed by atoms with Crippen molar-refractivity contribution in [3.8, 4) is 0 Å². The average molecular weight is 310 g/mol. The zero-order valence-corrected chi connectivity index (χ0v) is 12.8. The molecule has 1 aromatic heterocycles. The number of benzene rings is 2. The van der Waals surface area contributed by atoms with E-state index >= 15 is 0 Å². The highest BCUT2D eigenvalue weighted by atomic mass is 32.1. The summed E-state index contributed by atoms with van der Waals surface area (Å²) in [5, 5.41) is 8.96. The zero-order chi connectivity index (χ0) is 15.5. The molecule has 0 unspecified atom stereocenters. The molecule has 5 heteroatoms. The van der Waals surface area contributed by atoms with Crippen LogP contribution < -0.4 is 0 Å². The molecule has 0 amide bonds. The number of carboxylic acids is 1. The lowest BCUT2D eigenvalue weighted by molar-refractivity contribution is -0.136. The van der Waals surface area contributed by atoms with Gasteiger partial charge in [0.1, 0.15) is 0 Å². The Labute approximate surface area is 131 Å². The molecule has 22 heavy (non-hydrogen) atoms. The first-order chi connectivity index (χ1) is 10.6. The summed E-state index contributed by atoms with van der Waals surface area (Å²) in [5.74, 6) is -0.858. The fraction of sp³-hybridized carbons (Fsp3) is 0.118. The summed E-state index contributed by atoms with van der Waals surface area (Å²) >= 11 is 1.58. The van der Waals surface area contributed by atoms with Crippen molar-refractivity contribution in [3.63, 3.8) is 0 Å². The fourth-order valence-electron chi connectivity index (χ4n) is 2.29. The third-order valence-electron chi connectivity index (χ3n) is 3.39. The van der Waals surface area contributed by atoms with E-state index in [0.717, 1.165) is 21.3 Å². The number of carbonyl (C=O) groups is 1. The Morgan fingerprint density at radius 3 is 2.95 bits per heavy atom. The van der Waals surface area contributed by atoms with Crippen LogP contribution in [0.25, 0.3) is 10.2 Å². The van der Waals surface area contributed by atoms with E-state index in [2.05, 4.69) is 9.98 Å². The fourth-order valence-corrected chi connectivity index (χ4v) is 3.14. The molecule has 0 radical (unpaired) electrons. The van der Waals surface area contributed by atoms with E-state index in [0.29, 0.717) is 11.3 Å². The van der Waals surface area contributed by atoms with E-state index in [4.69, 9.17) is 5.11 Å². The summed E-state index contributed by atoms with van der Waals surface area (Å²) in [6.45, 7) is 2.03. The Kier molecular flexibility index (Phi) is 3.98. The molecular formula is C17H14N2O2S. The monoisotopic (exact) mass is 310 g/mol. The molecule has 110 valence electrons. The van der Waals surface area contributed by atoms with Gasteiger partial charge < -0.3 is 5.11 Å². The van der Waals surface area contributed by atoms with Crippen LogP contribution in [0.1, 0.15) is 16.7 Å². The number of fused-ring (bicyclic) bond motifs is 1. The van der Waals surface area contributed by atoms with E-state index in [9.17, 15) is 4.79 Å². The number of aliphatic imine (C=N–C) groups is 1. The first-order valence-corrected chi connectivity index (χ1v) is 7.69. The molecule has 2 aromatic carbocycles. The van der Waals surface area contributed by atoms with E-state index in [1.54, 1.807) is 23.6 Å². The van der Waals surface area contributed by atoms with Crippen LogP contribution in [0.2, 0.25) is 0 Å². The molecule has 3 rings (SSSR count). The summed E-state index contributed by atoms with van der Waals surface area (Å²) in [5.41, 5.74) is 6.34. The predicted octanol–water partition coefficient (Wildman–Crippen LogP) is 3.98. The van der Waals surface area contributed by atoms with Gasteiger partial charge in [-0.25, -0.2) is 4.98 Å². The largest absolute Gasteiger partial charge is 0.481 e. The smallest absolute Gasteiger partial charge is 0.307 e. The minimum Gasteiger partial charge on any atom is -0.481 e. The minimum absolute atomic E-state index is 0.0304. The number of thiazole rings is 1. The lowest BCUT2D eigenvalue weighted by Crippen LogP contribution is -2.00. The second kappa shape index (κ2) is 6.07. The van der Waals surface area contributed by atoms with Gasteiger partial charge in [0.05, 0.1) is 27.8 Å². The standard InChI is InChI=1S/C17H14N2O2S/c1-11-6-7-13(17-16(11)19-10-22-17)9-18-14-5-3-2-4-12(14)8-15(20)21/h2-7,9-10H,8H2,1H3,(H,20,21). The van der Waals surface area contributed by atoms with Crippen LogP contribution in [0.4, 0.5) is 5.69 Å². The van der Waals surface area contributed by atoms with Gasteiger partial charge >= 0.3 is 5.97 Å². The number of hydrogen-bond donors (Lipinski definition) is 1. The van der Waals surface area contributed by atoms with Crippen LogP contribution in [0.3, 0.4) is 0 Å². The van der Waals surface area contributed by atoms with Gasteiger partial charge in [-0.2, -0.15) is 0 Å². The van der Waals surface area contributed by atoms with Gasteiger partial charge in [0.2, 0.25) is 0 Å². The second-order valence-corrected chi connectivity index (χ2v) is 5.81. The molecule has 0 bridgehead atoms. The van der Waals surface area contributed by atoms with Gasteiger partial charge in [-0.3, -0.25) is 9.79 Å². The summed E-state index contributed by atoms with van der Waals surface area (Å²) in [4.78, 5) is 19.8. The molecule has 4 nitrogen and oxygen atoms in total. The number of para-hydroxylation sites is 1. The normalized spacial score (nSPS) is 11.3. The highest BCUT2D eigenvalue weighted by molar-refractivity contribution is 7.17. The maximum absolute atomic E-state index is 10.9. The highest BCUT2D eigenvalue weighted by Gasteiger charge is 2.07. The lowest BCUT2D eigenvalue weighted by atomic mass is 10.1. The number of rotatable bonds is 4. The molecule has 1 heterocycles. The van der Waals surface area contributed by atoms with Crippen LogP contribution in [0, 0.1) is 6.92 Å². The molecule has 0 saturated heterocycles. The average Bonchev–Trinajstić information content (AvgIpc) is 2.98. The minimum atomic E-state index is -0.858. The summed E-state index contributed by atoms with van der Waals surface area (Å²) in [6, 6.07) is 11.3. The van der Waals surface area contributed by atoms with Crippen molar-refractivity contribution in [2.45, 2.75) is 13.3 Å². The lowest BCUT2D eigenvalue weighted by Gasteiger charge is -2.03. The van der Waals surface area contributed by atoms with Crippen molar-refractivity contribution in [1.29, 1.82) is 0 Å². The van der Waals surface area contributed by atoms with Gasteiger partial charge in [-0.1, -0.05) is 30.3 Å². The number of aliphatic carboxylic acids is 1. The Morgan fingerprint density at radius 2 is 2.14 bits per heavy atom. The van der Waals surface area contributed by atoms with Crippen LogP contribution in [0.15, 0.2) is 46.9 Å². The van der Waals surface area contributed by atoms with Crippen molar-refractivity contribution >= 4 is 39.4 Å². The number of hydrogen-bond acceptors (Lipinski definition) is 4. The van der Waals surface area contributed by atoms with Crippen molar-refractivity contribution < 1.29 is 9.90 Å². The Hall–Kier alpha value is -2.53. The first kappa shape index (κ1) is 14.4. The molecule has 3 aromatic rings. The van der Waals surface area contributed by atoms with Crippen LogP contribution >= 0.6 is 11.3 Å². The third kappa shape index (κ3) is 2.89. The maximum Gasteiger partial charge on any atom is 0.307 e. The van der Waals surface area contributed by atoms with Gasteiger partial charge in [0.15, 0.2) is 0 Å². The predicted molar refractivity (Wildman–Crippen MR) is 89.4 cm³/mol. The Balaban J connectivity index is 1.98. The molecular weight excluding hydrogens is 296 g/mol. The topological polar surface area (TPSA) is 62.5 Å². The van der Waals surface area contributed by atoms with Crippen LogP contribution in [-0.4, -0.2) is 22.3 Å². The third-order valence-corrected chi connectivity index (χ3v) is 4.27. The van der Waals surface area contributed by atoms with Gasteiger partial charge in [-0.15, -0.1) is 11.3 Å². The molecule has 0 aliphatic rings. The molecule has 0 aliphatic heterocycles. The number of aromatic nitrogens is 1. The van der Waals surface area contributed by atoms with E-state index in [1.165, 1.54) is 0 Å². The summed E-state index contributed by atoms with van der Waals surface area (Å²) in [6.07, 6.45) is 1.75. The molecule has 0 saturated carbocycles. The van der Waals surface area contributed by atoms with E-state index < -0.39 is 5.97 Å². The molecule has 1 N–H and O–H groups in total. The summed E-state index contributed by atoms with van der Waals surface area (Å²) in [7, 11) is 0. The van der Waals surface area contributed by atoms with E-state index in [1.807, 2.05) is 42.8 Å². The van der Waals surface area contributed by atoms with Crippen molar-refractivity contribution in [2.24, 2.45) is 4.99 Å². The summed E-state index contributed by atoms with van der Waals surface area (Å²) < 4.78 is 1.10. The molecule has 0 spiro atoms. The molecule has 0 aliphatic carbocycles. The van der Waals surface area contributed by atoms with E-state index in [-0.39, 0.29) is 6.42 Å².